The predicted octanol–water partition coefficient (Wildman–Crippen LogP) is 1.05. The Morgan fingerprint density at radius 1 is 1.17 bits per heavy atom. The topological polar surface area (TPSA) is 66.2 Å². The maximum Gasteiger partial charge on any atom is 0.374 e. The fourth-order valence-electron chi connectivity index (χ4n) is 2.95. The first-order valence-corrected chi connectivity index (χ1v) is 8.46. The molecule has 0 atom stereocenters. The first-order chi connectivity index (χ1) is 11.6. The molecule has 1 fully saturated rings. The summed E-state index contributed by atoms with van der Waals surface area (Å²) in [6, 6.07) is 1.81. The van der Waals surface area contributed by atoms with Crippen molar-refractivity contribution in [2.24, 2.45) is 0 Å². The number of methoxy groups -OCH3 is 1. The van der Waals surface area contributed by atoms with Crippen molar-refractivity contribution in [3.63, 3.8) is 0 Å². The molecular weight excluding hydrogens is 310 g/mol. The van der Waals surface area contributed by atoms with E-state index in [0.29, 0.717) is 13.1 Å². The first kappa shape index (κ1) is 18.5. The molecule has 0 bridgehead atoms. The highest BCUT2D eigenvalue weighted by molar-refractivity contribution is 5.87. The fraction of sp³-hybridized carbons (Fsp3) is 0.647. The highest BCUT2D eigenvalue weighted by Gasteiger charge is 2.23. The molecule has 0 aliphatic carbocycles. The van der Waals surface area contributed by atoms with E-state index in [1.165, 1.54) is 13.4 Å². The van der Waals surface area contributed by atoms with Gasteiger partial charge in [-0.25, -0.2) is 4.79 Å². The van der Waals surface area contributed by atoms with Crippen LogP contribution in [0.3, 0.4) is 0 Å². The maximum atomic E-state index is 12.2. The van der Waals surface area contributed by atoms with E-state index in [9.17, 15) is 9.59 Å². The molecule has 1 aliphatic heterocycles. The van der Waals surface area contributed by atoms with E-state index in [0.717, 1.165) is 44.8 Å². The number of esters is 1. The Bertz CT molecular complexity index is 546. The van der Waals surface area contributed by atoms with Gasteiger partial charge in [-0.15, -0.1) is 0 Å². The summed E-state index contributed by atoms with van der Waals surface area (Å²) in [6.07, 6.45) is 1.51. The average Bonchev–Trinajstić information content (AvgIpc) is 3.05. The third-order valence-corrected chi connectivity index (χ3v) is 4.45. The molecule has 24 heavy (non-hydrogen) atoms. The molecule has 2 heterocycles. The molecule has 0 saturated carbocycles. The van der Waals surface area contributed by atoms with Crippen molar-refractivity contribution in [3.05, 3.63) is 23.7 Å². The second-order valence-corrected chi connectivity index (χ2v) is 5.88. The van der Waals surface area contributed by atoms with Crippen LogP contribution in [0.4, 0.5) is 0 Å². The quantitative estimate of drug-likeness (QED) is 0.693. The molecule has 1 saturated heterocycles. The van der Waals surface area contributed by atoms with Crippen LogP contribution in [-0.4, -0.2) is 79.5 Å². The van der Waals surface area contributed by atoms with Gasteiger partial charge in [0.25, 0.3) is 0 Å². The summed E-state index contributed by atoms with van der Waals surface area (Å²) in [7, 11) is 1.35. The summed E-state index contributed by atoms with van der Waals surface area (Å²) in [6.45, 7) is 10.1. The molecule has 134 valence electrons. The van der Waals surface area contributed by atoms with Gasteiger partial charge in [0.05, 0.1) is 19.9 Å². The van der Waals surface area contributed by atoms with E-state index in [2.05, 4.69) is 9.80 Å². The largest absolute Gasteiger partial charge is 0.463 e. The highest BCUT2D eigenvalue weighted by atomic mass is 16.5. The Morgan fingerprint density at radius 3 is 2.38 bits per heavy atom. The van der Waals surface area contributed by atoms with Crippen molar-refractivity contribution in [1.29, 1.82) is 0 Å². The van der Waals surface area contributed by atoms with Gasteiger partial charge in [0.1, 0.15) is 0 Å². The maximum absolute atomic E-state index is 12.2. The van der Waals surface area contributed by atoms with Crippen LogP contribution in [0.25, 0.3) is 0 Å². The minimum atomic E-state index is -0.446. The molecule has 7 heteroatoms. The minimum Gasteiger partial charge on any atom is -0.463 e. The Morgan fingerprint density at radius 2 is 1.79 bits per heavy atom. The minimum absolute atomic E-state index is 0.191. The number of amides is 1. The second kappa shape index (κ2) is 8.84. The van der Waals surface area contributed by atoms with Crippen LogP contribution in [0.15, 0.2) is 16.7 Å². The molecule has 2 rings (SSSR count). The zero-order valence-corrected chi connectivity index (χ0v) is 14.8. The monoisotopic (exact) mass is 337 g/mol. The van der Waals surface area contributed by atoms with Crippen LogP contribution in [0, 0.1) is 0 Å². The van der Waals surface area contributed by atoms with Gasteiger partial charge in [0, 0.05) is 51.4 Å². The summed E-state index contributed by atoms with van der Waals surface area (Å²) in [5.41, 5.74) is 0.842. The SMILES string of the molecule is CCN(CC)C(=O)CN1CCN(Cc2ccoc2C(=O)OC)CC1. The molecule has 0 aromatic carbocycles. The van der Waals surface area contributed by atoms with Gasteiger partial charge in [0.2, 0.25) is 11.7 Å². The fourth-order valence-corrected chi connectivity index (χ4v) is 2.95. The Kier molecular flexibility index (Phi) is 6.81. The number of carbonyl (C=O) groups is 2. The molecule has 1 amide bonds. The number of furan rings is 1. The van der Waals surface area contributed by atoms with Crippen molar-refractivity contribution in [1.82, 2.24) is 14.7 Å². The molecule has 1 aromatic heterocycles. The Labute approximate surface area is 143 Å². The van der Waals surface area contributed by atoms with Gasteiger partial charge in [0.15, 0.2) is 0 Å². The molecule has 0 spiro atoms. The van der Waals surface area contributed by atoms with Gasteiger partial charge >= 0.3 is 5.97 Å². The normalized spacial score (nSPS) is 16.1. The summed E-state index contributed by atoms with van der Waals surface area (Å²) >= 11 is 0. The van der Waals surface area contributed by atoms with Crippen LogP contribution in [0.5, 0.6) is 0 Å². The van der Waals surface area contributed by atoms with Crippen molar-refractivity contribution >= 4 is 11.9 Å². The lowest BCUT2D eigenvalue weighted by Gasteiger charge is -2.35. The second-order valence-electron chi connectivity index (χ2n) is 5.88. The van der Waals surface area contributed by atoms with Crippen molar-refractivity contribution < 1.29 is 18.7 Å². The third-order valence-electron chi connectivity index (χ3n) is 4.45. The molecular formula is C17H27N3O4. The third kappa shape index (κ3) is 4.58. The lowest BCUT2D eigenvalue weighted by atomic mass is 10.2. The highest BCUT2D eigenvalue weighted by Crippen LogP contribution is 2.15. The first-order valence-electron chi connectivity index (χ1n) is 8.46. The van der Waals surface area contributed by atoms with Crippen molar-refractivity contribution in [2.75, 3.05) is 52.9 Å². The Balaban J connectivity index is 1.82. The van der Waals surface area contributed by atoms with Crippen LogP contribution in [0.2, 0.25) is 0 Å². The molecule has 0 radical (unpaired) electrons. The molecule has 0 N–H and O–H groups in total. The number of piperazine rings is 1. The van der Waals surface area contributed by atoms with Crippen molar-refractivity contribution in [3.8, 4) is 0 Å². The molecule has 1 aromatic rings. The van der Waals surface area contributed by atoms with Crippen LogP contribution in [0.1, 0.15) is 30.0 Å². The van der Waals surface area contributed by atoms with Crippen molar-refractivity contribution in [2.45, 2.75) is 20.4 Å². The summed E-state index contributed by atoms with van der Waals surface area (Å²) in [5.74, 6) is 0.0198. The lowest BCUT2D eigenvalue weighted by Crippen LogP contribution is -2.49. The summed E-state index contributed by atoms with van der Waals surface area (Å²) < 4.78 is 9.95. The van der Waals surface area contributed by atoms with Gasteiger partial charge in [-0.05, 0) is 19.9 Å². The molecule has 1 aliphatic rings. The van der Waals surface area contributed by atoms with E-state index < -0.39 is 5.97 Å². The summed E-state index contributed by atoms with van der Waals surface area (Å²) in [5, 5.41) is 0. The smallest absolute Gasteiger partial charge is 0.374 e. The Hall–Kier alpha value is -1.86. The zero-order valence-electron chi connectivity index (χ0n) is 14.8. The van der Waals surface area contributed by atoms with E-state index in [-0.39, 0.29) is 11.7 Å². The van der Waals surface area contributed by atoms with E-state index in [4.69, 9.17) is 9.15 Å². The zero-order chi connectivity index (χ0) is 17.5. The summed E-state index contributed by atoms with van der Waals surface area (Å²) in [4.78, 5) is 30.1. The van der Waals surface area contributed by atoms with Crippen LogP contribution >= 0.6 is 0 Å². The predicted molar refractivity (Wildman–Crippen MR) is 89.7 cm³/mol. The number of hydrogen-bond acceptors (Lipinski definition) is 6. The van der Waals surface area contributed by atoms with Gasteiger partial charge < -0.3 is 14.1 Å². The molecule has 0 unspecified atom stereocenters. The van der Waals surface area contributed by atoms with E-state index in [1.807, 2.05) is 24.8 Å². The number of ether oxygens (including phenoxy) is 1. The number of rotatable bonds is 7. The van der Waals surface area contributed by atoms with E-state index in [1.54, 1.807) is 0 Å². The number of likely N-dealkylation sites (N-methyl/N-ethyl adjacent to an activating group) is 1. The van der Waals surface area contributed by atoms with Crippen LogP contribution < -0.4 is 0 Å². The lowest BCUT2D eigenvalue weighted by molar-refractivity contribution is -0.132. The number of nitrogens with zero attached hydrogens (tertiary/aromatic N) is 3. The number of carbonyl (C=O) groups excluding carboxylic acids is 2. The number of hydrogen-bond donors (Lipinski definition) is 0. The van der Waals surface area contributed by atoms with E-state index >= 15 is 0 Å². The van der Waals surface area contributed by atoms with Gasteiger partial charge in [-0.2, -0.15) is 0 Å². The van der Waals surface area contributed by atoms with Gasteiger partial charge in [-0.1, -0.05) is 0 Å². The standard InChI is InChI=1S/C17H27N3O4/c1-4-20(5-2)15(21)13-19-9-7-18(8-10-19)12-14-6-11-24-16(14)17(22)23-3/h6,11H,4-5,7-10,12-13H2,1-3H3. The van der Waals surface area contributed by atoms with Crippen LogP contribution in [-0.2, 0) is 16.1 Å². The van der Waals surface area contributed by atoms with Gasteiger partial charge in [-0.3, -0.25) is 14.6 Å². The average molecular weight is 337 g/mol. The molecule has 7 nitrogen and oxygen atoms in total.